The normalized spacial score (nSPS) is 15.2. The second-order valence-electron chi connectivity index (χ2n) is 6.01. The average Bonchev–Trinajstić information content (AvgIpc) is 3.21. The number of hydrogen-bond acceptors (Lipinski definition) is 6. The van der Waals surface area contributed by atoms with Gasteiger partial charge in [-0.2, -0.15) is 0 Å². The highest BCUT2D eigenvalue weighted by molar-refractivity contribution is 7.18. The molecule has 0 atom stereocenters. The van der Waals surface area contributed by atoms with Crippen molar-refractivity contribution in [3.8, 4) is 0 Å². The van der Waals surface area contributed by atoms with Crippen molar-refractivity contribution >= 4 is 39.2 Å². The summed E-state index contributed by atoms with van der Waals surface area (Å²) in [6, 6.07) is 0. The Hall–Kier alpha value is -2.81. The first kappa shape index (κ1) is 15.7. The first-order valence-corrected chi connectivity index (χ1v) is 8.59. The van der Waals surface area contributed by atoms with E-state index >= 15 is 0 Å². The van der Waals surface area contributed by atoms with Crippen molar-refractivity contribution in [2.45, 2.75) is 33.4 Å². The lowest BCUT2D eigenvalue weighted by atomic mass is 10.2. The third kappa shape index (κ3) is 2.56. The van der Waals surface area contributed by atoms with E-state index in [0.29, 0.717) is 29.9 Å². The molecule has 3 aromatic rings. The lowest BCUT2D eigenvalue weighted by Gasteiger charge is -2.02. The Morgan fingerprint density at radius 1 is 1.44 bits per heavy atom. The number of allylic oxidation sites excluding steroid dienone is 1. The zero-order valence-electron chi connectivity index (χ0n) is 13.7. The van der Waals surface area contributed by atoms with E-state index in [1.807, 2.05) is 19.9 Å². The summed E-state index contributed by atoms with van der Waals surface area (Å²) < 4.78 is 2.97. The van der Waals surface area contributed by atoms with Gasteiger partial charge in [0.2, 0.25) is 0 Å². The zero-order valence-corrected chi connectivity index (χ0v) is 14.5. The molecule has 8 nitrogen and oxygen atoms in total. The molecule has 0 saturated heterocycles. The highest BCUT2D eigenvalue weighted by Crippen LogP contribution is 2.31. The number of carbonyl (C=O) groups is 1. The van der Waals surface area contributed by atoms with Crippen LogP contribution < -0.4 is 5.56 Å². The molecule has 9 heteroatoms. The number of nitrogens with zero attached hydrogens (tertiary/aromatic N) is 5. The van der Waals surface area contributed by atoms with Gasteiger partial charge in [-0.15, -0.1) is 16.4 Å². The van der Waals surface area contributed by atoms with Crippen molar-refractivity contribution in [3.05, 3.63) is 38.5 Å². The molecule has 0 bridgehead atoms. The van der Waals surface area contributed by atoms with Crippen LogP contribution in [0, 0.1) is 13.8 Å². The van der Waals surface area contributed by atoms with Gasteiger partial charge in [0.25, 0.3) is 5.56 Å². The fourth-order valence-electron chi connectivity index (χ4n) is 3.03. The van der Waals surface area contributed by atoms with E-state index in [1.54, 1.807) is 10.8 Å². The summed E-state index contributed by atoms with van der Waals surface area (Å²) >= 11 is 1.53. The van der Waals surface area contributed by atoms with Gasteiger partial charge in [-0.1, -0.05) is 5.21 Å². The molecular weight excluding hydrogens is 342 g/mol. The van der Waals surface area contributed by atoms with Crippen molar-refractivity contribution in [2.24, 2.45) is 0 Å². The number of aromatic nitrogens is 5. The molecule has 0 amide bonds. The number of carboxylic acids is 1. The molecule has 0 fully saturated rings. The van der Waals surface area contributed by atoms with Gasteiger partial charge < -0.3 is 5.11 Å². The van der Waals surface area contributed by atoms with E-state index in [-0.39, 0.29) is 12.1 Å². The van der Waals surface area contributed by atoms with Crippen LogP contribution in [0.15, 0.2) is 11.0 Å². The predicted molar refractivity (Wildman–Crippen MR) is 93.5 cm³/mol. The van der Waals surface area contributed by atoms with Gasteiger partial charge in [-0.05, 0) is 37.5 Å². The first-order valence-electron chi connectivity index (χ1n) is 7.77. The maximum atomic E-state index is 12.8. The van der Waals surface area contributed by atoms with Crippen LogP contribution in [-0.4, -0.2) is 35.6 Å². The largest absolute Gasteiger partial charge is 0.480 e. The lowest BCUT2D eigenvalue weighted by molar-refractivity contribution is -0.137. The summed E-state index contributed by atoms with van der Waals surface area (Å²) in [6.45, 7) is 4.30. The third-order valence-corrected chi connectivity index (χ3v) is 5.46. The minimum atomic E-state index is -0.977. The van der Waals surface area contributed by atoms with Crippen molar-refractivity contribution in [2.75, 3.05) is 0 Å². The van der Waals surface area contributed by atoms with Crippen LogP contribution in [-0.2, 0) is 17.9 Å². The maximum absolute atomic E-state index is 12.8. The van der Waals surface area contributed by atoms with Crippen LogP contribution in [0.3, 0.4) is 0 Å². The van der Waals surface area contributed by atoms with Crippen LogP contribution in [0.2, 0.25) is 0 Å². The Labute approximate surface area is 146 Å². The predicted octanol–water partition coefficient (Wildman–Crippen LogP) is 1.70. The van der Waals surface area contributed by atoms with Gasteiger partial charge in [0.1, 0.15) is 22.9 Å². The van der Waals surface area contributed by atoms with E-state index < -0.39 is 5.97 Å². The molecule has 25 heavy (non-hydrogen) atoms. The lowest BCUT2D eigenvalue weighted by Crippen LogP contribution is -2.20. The number of hydrogen-bond donors (Lipinski definition) is 1. The van der Waals surface area contributed by atoms with E-state index in [2.05, 4.69) is 10.3 Å². The number of carboxylic acid groups (broad SMARTS) is 1. The summed E-state index contributed by atoms with van der Waals surface area (Å²) in [5.74, 6) is -0.319. The second-order valence-corrected chi connectivity index (χ2v) is 7.21. The van der Waals surface area contributed by atoms with Gasteiger partial charge >= 0.3 is 5.97 Å². The van der Waals surface area contributed by atoms with Crippen LogP contribution >= 0.6 is 11.3 Å². The van der Waals surface area contributed by atoms with E-state index in [0.717, 1.165) is 20.8 Å². The summed E-state index contributed by atoms with van der Waals surface area (Å²) in [6.07, 6.45) is 4.07. The monoisotopic (exact) mass is 357 g/mol. The SMILES string of the molecule is Cc1sc2nc3n(c(=O)c2c1C)CC/C3=C\c1cn(CC(=O)O)nn1. The standard InChI is InChI=1S/C16H15N5O3S/c1-8-9(2)25-15-13(8)16(24)21-4-3-10(14(21)17-15)5-11-6-20(19-18-11)7-12(22)23/h5-6H,3-4,7H2,1-2H3,(H,22,23)/b10-5+. The van der Waals surface area contributed by atoms with Crippen LogP contribution in [0.4, 0.5) is 0 Å². The van der Waals surface area contributed by atoms with E-state index in [4.69, 9.17) is 10.1 Å². The van der Waals surface area contributed by atoms with Gasteiger partial charge in [0.05, 0.1) is 11.6 Å². The summed E-state index contributed by atoms with van der Waals surface area (Å²) in [4.78, 5) is 30.1. The molecule has 0 aromatic carbocycles. The summed E-state index contributed by atoms with van der Waals surface area (Å²) in [7, 11) is 0. The molecule has 0 saturated carbocycles. The van der Waals surface area contributed by atoms with Gasteiger partial charge in [0.15, 0.2) is 0 Å². The Balaban J connectivity index is 1.79. The van der Waals surface area contributed by atoms with Crippen molar-refractivity contribution < 1.29 is 9.90 Å². The molecule has 0 unspecified atom stereocenters. The summed E-state index contributed by atoms with van der Waals surface area (Å²) in [5.41, 5.74) is 2.46. The molecule has 1 aliphatic rings. The van der Waals surface area contributed by atoms with Crippen molar-refractivity contribution in [1.82, 2.24) is 24.5 Å². The Kier molecular flexibility index (Phi) is 3.53. The molecule has 4 heterocycles. The number of rotatable bonds is 3. The van der Waals surface area contributed by atoms with Crippen molar-refractivity contribution in [1.29, 1.82) is 0 Å². The summed E-state index contributed by atoms with van der Waals surface area (Å²) in [5, 5.41) is 17.3. The smallest absolute Gasteiger partial charge is 0.325 e. The number of thiophene rings is 1. The molecule has 0 aliphatic carbocycles. The molecule has 1 N–H and O–H groups in total. The van der Waals surface area contributed by atoms with E-state index in [9.17, 15) is 9.59 Å². The highest BCUT2D eigenvalue weighted by Gasteiger charge is 2.23. The van der Waals surface area contributed by atoms with Crippen LogP contribution in [0.1, 0.15) is 28.4 Å². The van der Waals surface area contributed by atoms with Crippen LogP contribution in [0.25, 0.3) is 21.9 Å². The Morgan fingerprint density at radius 3 is 3.00 bits per heavy atom. The zero-order chi connectivity index (χ0) is 17.7. The Bertz CT molecular complexity index is 1110. The molecule has 0 radical (unpaired) electrons. The minimum absolute atomic E-state index is 0.000202. The van der Waals surface area contributed by atoms with Gasteiger partial charge in [-0.3, -0.25) is 14.2 Å². The average molecular weight is 357 g/mol. The van der Waals surface area contributed by atoms with Crippen LogP contribution in [0.5, 0.6) is 0 Å². The number of fused-ring (bicyclic) bond motifs is 2. The molecule has 128 valence electrons. The van der Waals surface area contributed by atoms with E-state index in [1.165, 1.54) is 16.0 Å². The van der Waals surface area contributed by atoms with Gasteiger partial charge in [0, 0.05) is 11.4 Å². The molecule has 4 rings (SSSR count). The Morgan fingerprint density at radius 2 is 2.24 bits per heavy atom. The molecule has 1 aliphatic heterocycles. The topological polar surface area (TPSA) is 103 Å². The fraction of sp³-hybridized carbons (Fsp3) is 0.312. The minimum Gasteiger partial charge on any atom is -0.480 e. The highest BCUT2D eigenvalue weighted by atomic mass is 32.1. The fourth-order valence-corrected chi connectivity index (χ4v) is 4.05. The number of aryl methyl sites for hydroxylation is 2. The quantitative estimate of drug-likeness (QED) is 0.765. The van der Waals surface area contributed by atoms with Crippen molar-refractivity contribution in [3.63, 3.8) is 0 Å². The maximum Gasteiger partial charge on any atom is 0.325 e. The molecular formula is C16H15N5O3S. The van der Waals surface area contributed by atoms with Gasteiger partial charge in [-0.25, -0.2) is 9.67 Å². The number of aliphatic carboxylic acids is 1. The molecule has 0 spiro atoms. The third-order valence-electron chi connectivity index (χ3n) is 4.36. The first-order chi connectivity index (χ1) is 11.9. The second kappa shape index (κ2) is 5.62. The molecule has 3 aromatic heterocycles.